The number of thiophene rings is 1. The van der Waals surface area contributed by atoms with Gasteiger partial charge in [-0.15, -0.1) is 22.7 Å². The molecular formula is C21H19F3N2OS2. The molecule has 1 atom stereocenters. The first-order chi connectivity index (χ1) is 13.8. The zero-order valence-corrected chi connectivity index (χ0v) is 17.3. The number of nitrogens with zero attached hydrogens (tertiary/aromatic N) is 1. The molecule has 0 radical (unpaired) electrons. The maximum atomic E-state index is 12.9. The molecule has 0 bridgehead atoms. The summed E-state index contributed by atoms with van der Waals surface area (Å²) in [5.74, 6) is 0.478. The molecule has 8 heteroatoms. The maximum Gasteiger partial charge on any atom is 0.416 e. The lowest BCUT2D eigenvalue weighted by molar-refractivity contribution is -0.137. The van der Waals surface area contributed by atoms with Crippen LogP contribution in [-0.4, -0.2) is 10.9 Å². The molecule has 29 heavy (non-hydrogen) atoms. The molecule has 1 unspecified atom stereocenters. The van der Waals surface area contributed by atoms with Crippen molar-refractivity contribution in [3.05, 3.63) is 67.9 Å². The summed E-state index contributed by atoms with van der Waals surface area (Å²) in [6, 6.07) is 5.27. The van der Waals surface area contributed by atoms with Crippen LogP contribution in [0.4, 0.5) is 18.3 Å². The van der Waals surface area contributed by atoms with Gasteiger partial charge in [0.1, 0.15) is 0 Å². The van der Waals surface area contributed by atoms with Crippen LogP contribution in [0.15, 0.2) is 35.8 Å². The number of aromatic nitrogens is 1. The van der Waals surface area contributed by atoms with E-state index >= 15 is 0 Å². The minimum atomic E-state index is -4.36. The molecule has 152 valence electrons. The Hall–Kier alpha value is -2.19. The zero-order chi connectivity index (χ0) is 20.6. The van der Waals surface area contributed by atoms with Gasteiger partial charge in [-0.1, -0.05) is 25.1 Å². The number of carbonyl (C=O) groups is 1. The zero-order valence-electron chi connectivity index (χ0n) is 15.7. The van der Waals surface area contributed by atoms with Crippen molar-refractivity contribution in [1.29, 1.82) is 0 Å². The lowest BCUT2D eigenvalue weighted by Gasteiger charge is -2.18. The van der Waals surface area contributed by atoms with Gasteiger partial charge in [0.25, 0.3) is 5.91 Å². The van der Waals surface area contributed by atoms with Gasteiger partial charge < -0.3 is 0 Å². The van der Waals surface area contributed by atoms with E-state index in [-0.39, 0.29) is 5.91 Å². The number of thiazole rings is 1. The number of amides is 1. The lowest BCUT2D eigenvalue weighted by Crippen LogP contribution is -2.16. The van der Waals surface area contributed by atoms with Crippen molar-refractivity contribution in [2.45, 2.75) is 38.8 Å². The highest BCUT2D eigenvalue weighted by atomic mass is 32.1. The first-order valence-corrected chi connectivity index (χ1v) is 11.0. The molecule has 2 aromatic heterocycles. The molecule has 1 aromatic carbocycles. The number of hydrogen-bond donors (Lipinski definition) is 1. The Kier molecular flexibility index (Phi) is 5.48. The van der Waals surface area contributed by atoms with Crippen LogP contribution in [0.1, 0.15) is 50.1 Å². The van der Waals surface area contributed by atoms with Crippen molar-refractivity contribution < 1.29 is 18.0 Å². The molecule has 1 aliphatic rings. The summed E-state index contributed by atoms with van der Waals surface area (Å²) in [6.07, 6.45) is 0.601. The number of nitrogens with one attached hydrogen (secondary N) is 1. The number of anilines is 1. The van der Waals surface area contributed by atoms with Crippen LogP contribution < -0.4 is 5.32 Å². The standard InChI is InChI=1S/C21H19F3N2OS2/c1-12-5-6-16-17(11-28-18(16)7-12)19(27)26-20-25-10-15(29-20)9-13-3-2-4-14(8-13)21(22,23)24/h2-4,8,10-12H,5-7,9H2,1H3,(H,25,26,27). The SMILES string of the molecule is CC1CCc2c(C(=O)Nc3ncc(Cc4cccc(C(F)(F)F)c4)s3)csc2C1. The van der Waals surface area contributed by atoms with E-state index in [0.717, 1.165) is 41.8 Å². The minimum absolute atomic E-state index is 0.169. The summed E-state index contributed by atoms with van der Waals surface area (Å²) in [5, 5.41) is 5.21. The predicted molar refractivity (Wildman–Crippen MR) is 110 cm³/mol. The second kappa shape index (κ2) is 7.91. The summed E-state index contributed by atoms with van der Waals surface area (Å²) >= 11 is 2.92. The number of halogens is 3. The molecule has 3 aromatic rings. The fourth-order valence-electron chi connectivity index (χ4n) is 3.54. The molecule has 0 saturated heterocycles. The first kappa shape index (κ1) is 20.1. The Balaban J connectivity index is 1.44. The van der Waals surface area contributed by atoms with E-state index in [1.165, 1.54) is 22.3 Å². The highest BCUT2D eigenvalue weighted by Crippen LogP contribution is 2.34. The van der Waals surface area contributed by atoms with E-state index in [0.29, 0.717) is 28.6 Å². The number of benzene rings is 1. The van der Waals surface area contributed by atoms with Gasteiger partial charge in [0.2, 0.25) is 0 Å². The summed E-state index contributed by atoms with van der Waals surface area (Å²) in [5.41, 5.74) is 1.75. The van der Waals surface area contributed by atoms with Crippen LogP contribution in [0.5, 0.6) is 0 Å². The lowest BCUT2D eigenvalue weighted by atomic mass is 9.88. The largest absolute Gasteiger partial charge is 0.416 e. The van der Waals surface area contributed by atoms with Gasteiger partial charge >= 0.3 is 6.18 Å². The van der Waals surface area contributed by atoms with Crippen LogP contribution >= 0.6 is 22.7 Å². The molecule has 0 spiro atoms. The number of alkyl halides is 3. The molecule has 1 amide bonds. The monoisotopic (exact) mass is 436 g/mol. The summed E-state index contributed by atoms with van der Waals surface area (Å²) in [4.78, 5) is 19.0. The second-order valence-electron chi connectivity index (χ2n) is 7.36. The van der Waals surface area contributed by atoms with E-state index in [2.05, 4.69) is 17.2 Å². The topological polar surface area (TPSA) is 42.0 Å². The van der Waals surface area contributed by atoms with Crippen molar-refractivity contribution in [2.24, 2.45) is 5.92 Å². The highest BCUT2D eigenvalue weighted by Gasteiger charge is 2.30. The fraction of sp³-hybridized carbons (Fsp3) is 0.333. The smallest absolute Gasteiger partial charge is 0.298 e. The van der Waals surface area contributed by atoms with Crippen molar-refractivity contribution in [3.63, 3.8) is 0 Å². The fourth-order valence-corrected chi connectivity index (χ4v) is 5.62. The molecule has 1 aliphatic carbocycles. The van der Waals surface area contributed by atoms with Crippen molar-refractivity contribution >= 4 is 33.7 Å². The number of rotatable bonds is 4. The minimum Gasteiger partial charge on any atom is -0.298 e. The molecule has 2 heterocycles. The first-order valence-electron chi connectivity index (χ1n) is 9.31. The van der Waals surface area contributed by atoms with Crippen LogP contribution in [0.25, 0.3) is 0 Å². The average Bonchev–Trinajstić information content (AvgIpc) is 3.27. The Morgan fingerprint density at radius 3 is 2.97 bits per heavy atom. The Morgan fingerprint density at radius 2 is 2.17 bits per heavy atom. The molecular weight excluding hydrogens is 417 g/mol. The summed E-state index contributed by atoms with van der Waals surface area (Å²) in [7, 11) is 0. The number of hydrogen-bond acceptors (Lipinski definition) is 4. The van der Waals surface area contributed by atoms with Crippen LogP contribution in [0.3, 0.4) is 0 Å². The van der Waals surface area contributed by atoms with Gasteiger partial charge in [-0.2, -0.15) is 13.2 Å². The Bertz CT molecular complexity index is 1040. The van der Waals surface area contributed by atoms with Crippen LogP contribution in [0, 0.1) is 5.92 Å². The molecule has 1 N–H and O–H groups in total. The van der Waals surface area contributed by atoms with Gasteiger partial charge in [-0.25, -0.2) is 4.98 Å². The number of carbonyl (C=O) groups excluding carboxylic acids is 1. The average molecular weight is 437 g/mol. The van der Waals surface area contributed by atoms with Crippen molar-refractivity contribution in [1.82, 2.24) is 4.98 Å². The van der Waals surface area contributed by atoms with Gasteiger partial charge in [0.15, 0.2) is 5.13 Å². The highest BCUT2D eigenvalue weighted by molar-refractivity contribution is 7.15. The third-order valence-electron chi connectivity index (χ3n) is 5.05. The third-order valence-corrected chi connectivity index (χ3v) is 7.02. The summed E-state index contributed by atoms with van der Waals surface area (Å²) < 4.78 is 38.6. The van der Waals surface area contributed by atoms with E-state index in [4.69, 9.17) is 0 Å². The van der Waals surface area contributed by atoms with E-state index in [9.17, 15) is 18.0 Å². The predicted octanol–water partition coefficient (Wildman–Crippen LogP) is 6.19. The molecule has 4 rings (SSSR count). The molecule has 0 fully saturated rings. The van der Waals surface area contributed by atoms with E-state index < -0.39 is 11.7 Å². The molecule has 0 aliphatic heterocycles. The van der Waals surface area contributed by atoms with E-state index in [1.807, 2.05) is 5.38 Å². The van der Waals surface area contributed by atoms with Crippen LogP contribution in [0.2, 0.25) is 0 Å². The van der Waals surface area contributed by atoms with Gasteiger partial charge in [0.05, 0.1) is 11.1 Å². The quantitative estimate of drug-likeness (QED) is 0.530. The van der Waals surface area contributed by atoms with Crippen molar-refractivity contribution in [3.8, 4) is 0 Å². The van der Waals surface area contributed by atoms with Crippen molar-refractivity contribution in [2.75, 3.05) is 5.32 Å². The van der Waals surface area contributed by atoms with E-state index in [1.54, 1.807) is 23.6 Å². The Morgan fingerprint density at radius 1 is 1.34 bits per heavy atom. The van der Waals surface area contributed by atoms with Gasteiger partial charge in [-0.05, 0) is 42.4 Å². The summed E-state index contributed by atoms with van der Waals surface area (Å²) in [6.45, 7) is 2.23. The molecule has 3 nitrogen and oxygen atoms in total. The van der Waals surface area contributed by atoms with Gasteiger partial charge in [-0.3, -0.25) is 10.1 Å². The molecule has 0 saturated carbocycles. The third kappa shape index (κ3) is 4.53. The van der Waals surface area contributed by atoms with Crippen LogP contribution in [-0.2, 0) is 25.4 Å². The maximum absolute atomic E-state index is 12.9. The number of fused-ring (bicyclic) bond motifs is 1. The Labute approximate surface area is 174 Å². The normalized spacial score (nSPS) is 16.5. The second-order valence-corrected chi connectivity index (χ2v) is 9.44. The van der Waals surface area contributed by atoms with Gasteiger partial charge in [0, 0.05) is 27.8 Å².